The zero-order valence-corrected chi connectivity index (χ0v) is 13.0. The normalized spacial score (nSPS) is 15.3. The first kappa shape index (κ1) is 14.1. The minimum absolute atomic E-state index is 0.564. The summed E-state index contributed by atoms with van der Waals surface area (Å²) in [5.74, 6) is 0. The van der Waals surface area contributed by atoms with Crippen LogP contribution >= 0.6 is 22.9 Å². The van der Waals surface area contributed by atoms with Crippen molar-refractivity contribution in [1.29, 1.82) is 0 Å². The van der Waals surface area contributed by atoms with Gasteiger partial charge in [0, 0.05) is 31.1 Å². The topological polar surface area (TPSA) is 29.3 Å². The highest BCUT2D eigenvalue weighted by atomic mass is 35.5. The van der Waals surface area contributed by atoms with Crippen LogP contribution in [0.25, 0.3) is 0 Å². The second kappa shape index (κ2) is 6.27. The van der Waals surface area contributed by atoms with Crippen LogP contribution in [0, 0.1) is 0 Å². The fraction of sp³-hybridized carbons (Fsp3) is 0.375. The van der Waals surface area contributed by atoms with E-state index in [9.17, 15) is 0 Å². The lowest BCUT2D eigenvalue weighted by Gasteiger charge is -2.27. The zero-order chi connectivity index (χ0) is 13.9. The molecular weight excluding hydrogens is 288 g/mol. The van der Waals surface area contributed by atoms with E-state index in [1.54, 1.807) is 11.3 Å². The van der Waals surface area contributed by atoms with E-state index in [1.807, 2.05) is 0 Å². The van der Waals surface area contributed by atoms with Gasteiger partial charge in [-0.3, -0.25) is 4.90 Å². The highest BCUT2D eigenvalue weighted by Crippen LogP contribution is 2.36. The first-order chi connectivity index (χ1) is 9.78. The third-order valence-electron chi connectivity index (χ3n) is 3.96. The van der Waals surface area contributed by atoms with Crippen LogP contribution in [-0.4, -0.2) is 18.0 Å². The van der Waals surface area contributed by atoms with Gasteiger partial charge in [-0.05, 0) is 29.5 Å². The highest BCUT2D eigenvalue weighted by Gasteiger charge is 2.22. The van der Waals surface area contributed by atoms with Gasteiger partial charge in [-0.15, -0.1) is 11.3 Å². The van der Waals surface area contributed by atoms with Crippen LogP contribution in [0.1, 0.15) is 21.6 Å². The Balaban J connectivity index is 1.64. The molecule has 0 radical (unpaired) electrons. The van der Waals surface area contributed by atoms with E-state index in [0.717, 1.165) is 36.8 Å². The first-order valence-electron chi connectivity index (χ1n) is 7.03. The molecule has 0 fully saturated rings. The monoisotopic (exact) mass is 306 g/mol. The Hall–Kier alpha value is -0.870. The lowest BCUT2D eigenvalue weighted by atomic mass is 10.0. The van der Waals surface area contributed by atoms with Crippen LogP contribution in [0.5, 0.6) is 0 Å². The minimum atomic E-state index is 0.564. The summed E-state index contributed by atoms with van der Waals surface area (Å²) in [5, 5.41) is 0. The largest absolute Gasteiger partial charge is 0.326 e. The second-order valence-electron chi connectivity index (χ2n) is 5.22. The molecular formula is C16H19ClN2S. The van der Waals surface area contributed by atoms with Crippen LogP contribution < -0.4 is 5.73 Å². The molecule has 0 saturated carbocycles. The van der Waals surface area contributed by atoms with E-state index in [1.165, 1.54) is 21.6 Å². The van der Waals surface area contributed by atoms with Crippen molar-refractivity contribution in [3.05, 3.63) is 56.2 Å². The SMILES string of the molecule is NCc1c(Cl)sc2c1CCN(CCc1ccccc1)C2. The molecule has 0 amide bonds. The molecule has 106 valence electrons. The Morgan fingerprint density at radius 3 is 2.80 bits per heavy atom. The maximum atomic E-state index is 6.28. The van der Waals surface area contributed by atoms with Gasteiger partial charge in [0.15, 0.2) is 0 Å². The van der Waals surface area contributed by atoms with Crippen molar-refractivity contribution >= 4 is 22.9 Å². The average molecular weight is 307 g/mol. The summed E-state index contributed by atoms with van der Waals surface area (Å²) in [6.07, 6.45) is 2.19. The maximum absolute atomic E-state index is 6.28. The molecule has 0 saturated heterocycles. The van der Waals surface area contributed by atoms with Crippen molar-refractivity contribution in [2.45, 2.75) is 25.9 Å². The third-order valence-corrected chi connectivity index (χ3v) is 5.47. The van der Waals surface area contributed by atoms with Crippen LogP contribution in [0.15, 0.2) is 30.3 Å². The number of rotatable bonds is 4. The summed E-state index contributed by atoms with van der Waals surface area (Å²) in [6.45, 7) is 3.80. The number of halogens is 1. The van der Waals surface area contributed by atoms with E-state index < -0.39 is 0 Å². The first-order valence-corrected chi connectivity index (χ1v) is 8.22. The van der Waals surface area contributed by atoms with Crippen molar-refractivity contribution in [1.82, 2.24) is 4.90 Å². The van der Waals surface area contributed by atoms with Gasteiger partial charge >= 0.3 is 0 Å². The number of nitrogens with zero attached hydrogens (tertiary/aromatic N) is 1. The number of benzene rings is 1. The van der Waals surface area contributed by atoms with Crippen molar-refractivity contribution in [2.75, 3.05) is 13.1 Å². The van der Waals surface area contributed by atoms with Gasteiger partial charge < -0.3 is 5.73 Å². The number of hydrogen-bond acceptors (Lipinski definition) is 3. The lowest BCUT2D eigenvalue weighted by Crippen LogP contribution is -2.31. The molecule has 0 bridgehead atoms. The molecule has 1 aromatic heterocycles. The third kappa shape index (κ3) is 2.91. The van der Waals surface area contributed by atoms with Gasteiger partial charge in [-0.1, -0.05) is 41.9 Å². The molecule has 0 spiro atoms. The van der Waals surface area contributed by atoms with Crippen molar-refractivity contribution in [3.63, 3.8) is 0 Å². The van der Waals surface area contributed by atoms with Crippen molar-refractivity contribution < 1.29 is 0 Å². The molecule has 3 rings (SSSR count). The molecule has 0 aliphatic carbocycles. The number of thiophene rings is 1. The highest BCUT2D eigenvalue weighted by molar-refractivity contribution is 7.16. The summed E-state index contributed by atoms with van der Waals surface area (Å²) < 4.78 is 0.891. The maximum Gasteiger partial charge on any atom is 0.0979 e. The van der Waals surface area contributed by atoms with Gasteiger partial charge in [0.1, 0.15) is 0 Å². The zero-order valence-electron chi connectivity index (χ0n) is 11.4. The lowest BCUT2D eigenvalue weighted by molar-refractivity contribution is 0.260. The molecule has 2 heterocycles. The quantitative estimate of drug-likeness (QED) is 0.937. The molecule has 1 aliphatic rings. The van der Waals surface area contributed by atoms with Crippen LogP contribution in [0.2, 0.25) is 4.34 Å². The summed E-state index contributed by atoms with van der Waals surface area (Å²) >= 11 is 7.99. The number of nitrogens with two attached hydrogens (primary N) is 1. The van der Waals surface area contributed by atoms with Crippen LogP contribution in [0.3, 0.4) is 0 Å². The Morgan fingerprint density at radius 1 is 1.25 bits per heavy atom. The van der Waals surface area contributed by atoms with E-state index >= 15 is 0 Å². The van der Waals surface area contributed by atoms with Crippen molar-refractivity contribution in [2.24, 2.45) is 5.73 Å². The van der Waals surface area contributed by atoms with Gasteiger partial charge in [0.2, 0.25) is 0 Å². The van der Waals surface area contributed by atoms with Gasteiger partial charge in [0.25, 0.3) is 0 Å². The Kier molecular flexibility index (Phi) is 4.41. The Morgan fingerprint density at radius 2 is 2.05 bits per heavy atom. The standard InChI is InChI=1S/C16H19ClN2S/c17-16-14(10-18)13-7-9-19(11-15(13)20-16)8-6-12-4-2-1-3-5-12/h1-5H,6-11,18H2. The van der Waals surface area contributed by atoms with Gasteiger partial charge in [-0.2, -0.15) is 0 Å². The summed E-state index contributed by atoms with van der Waals surface area (Å²) in [4.78, 5) is 3.93. The van der Waals surface area contributed by atoms with E-state index in [4.69, 9.17) is 17.3 Å². The summed E-state index contributed by atoms with van der Waals surface area (Å²) in [6, 6.07) is 10.7. The Labute approximate surface area is 129 Å². The molecule has 4 heteroatoms. The van der Waals surface area contributed by atoms with Crippen molar-refractivity contribution in [3.8, 4) is 0 Å². The van der Waals surface area contributed by atoms with E-state index in [2.05, 4.69) is 35.2 Å². The minimum Gasteiger partial charge on any atom is -0.326 e. The summed E-state index contributed by atoms with van der Waals surface area (Å²) in [5.41, 5.74) is 9.80. The molecule has 2 nitrogen and oxygen atoms in total. The summed E-state index contributed by atoms with van der Waals surface area (Å²) in [7, 11) is 0. The van der Waals surface area contributed by atoms with Gasteiger partial charge in [0.05, 0.1) is 4.34 Å². The molecule has 20 heavy (non-hydrogen) atoms. The molecule has 0 unspecified atom stereocenters. The molecule has 2 N–H and O–H groups in total. The molecule has 2 aromatic rings. The van der Waals surface area contributed by atoms with E-state index in [0.29, 0.717) is 6.54 Å². The van der Waals surface area contributed by atoms with E-state index in [-0.39, 0.29) is 0 Å². The van der Waals surface area contributed by atoms with Gasteiger partial charge in [-0.25, -0.2) is 0 Å². The average Bonchev–Trinajstić information content (AvgIpc) is 2.80. The second-order valence-corrected chi connectivity index (χ2v) is 6.93. The predicted molar refractivity (Wildman–Crippen MR) is 86.3 cm³/mol. The number of hydrogen-bond donors (Lipinski definition) is 1. The van der Waals surface area contributed by atoms with Crippen LogP contribution in [0.4, 0.5) is 0 Å². The fourth-order valence-electron chi connectivity index (χ4n) is 2.81. The molecule has 1 aromatic carbocycles. The fourth-order valence-corrected chi connectivity index (χ4v) is 4.43. The number of fused-ring (bicyclic) bond motifs is 1. The van der Waals surface area contributed by atoms with Crippen LogP contribution in [-0.2, 0) is 25.9 Å². The smallest absolute Gasteiger partial charge is 0.0979 e. The Bertz CT molecular complexity index is 580. The molecule has 0 atom stereocenters. The molecule has 1 aliphatic heterocycles. The predicted octanol–water partition coefficient (Wildman–Crippen LogP) is 3.46.